The first-order valence-corrected chi connectivity index (χ1v) is 3.59. The van der Waals surface area contributed by atoms with Gasteiger partial charge < -0.3 is 0 Å². The van der Waals surface area contributed by atoms with Crippen LogP contribution in [0.25, 0.3) is 0 Å². The molecular formula is C6H7BrN2. The van der Waals surface area contributed by atoms with Gasteiger partial charge in [-0.15, -0.1) is 0 Å². The maximum Gasteiger partial charge on any atom is 0.0641 e. The molecular weight excluding hydrogens is 180 g/mol. The lowest BCUT2D eigenvalue weighted by Gasteiger charge is -1.94. The van der Waals surface area contributed by atoms with E-state index >= 15 is 0 Å². The monoisotopic (exact) mass is 186 g/mol. The fourth-order valence-electron chi connectivity index (χ4n) is 0.592. The van der Waals surface area contributed by atoms with Crippen LogP contribution in [0.4, 0.5) is 0 Å². The molecule has 0 radical (unpaired) electrons. The summed E-state index contributed by atoms with van der Waals surface area (Å²) in [6, 6.07) is 0. The first-order valence-electron chi connectivity index (χ1n) is 2.79. The molecule has 1 aromatic heterocycles. The maximum absolute atomic E-state index is 3.74. The molecule has 0 bridgehead atoms. The largest absolute Gasteiger partial charge is 0.159 e. The van der Waals surface area contributed by atoms with Crippen molar-refractivity contribution in [2.75, 3.05) is 0 Å². The highest BCUT2D eigenvalue weighted by molar-refractivity contribution is 9.10. The Morgan fingerprint density at radius 3 is 2.56 bits per heavy atom. The molecule has 1 rings (SSSR count). The second kappa shape index (κ2) is 2.92. The highest BCUT2D eigenvalue weighted by Crippen LogP contribution is 2.12. The van der Waals surface area contributed by atoms with Crippen LogP contribution in [0.2, 0.25) is 0 Å². The zero-order valence-electron chi connectivity index (χ0n) is 5.13. The lowest BCUT2D eigenvalue weighted by atomic mass is 10.2. The quantitative estimate of drug-likeness (QED) is 0.669. The van der Waals surface area contributed by atoms with E-state index in [2.05, 4.69) is 33.1 Å². The van der Waals surface area contributed by atoms with Crippen LogP contribution >= 0.6 is 15.9 Å². The average Bonchev–Trinajstić information content (AvgIpc) is 1.89. The Morgan fingerprint density at radius 1 is 1.44 bits per heavy atom. The van der Waals surface area contributed by atoms with Crippen molar-refractivity contribution in [1.82, 2.24) is 10.2 Å². The number of rotatable bonds is 1. The predicted molar refractivity (Wildman–Crippen MR) is 39.1 cm³/mol. The van der Waals surface area contributed by atoms with Crippen molar-refractivity contribution < 1.29 is 0 Å². The Morgan fingerprint density at radius 2 is 2.11 bits per heavy atom. The molecule has 0 spiro atoms. The highest BCUT2D eigenvalue weighted by atomic mass is 79.9. The minimum atomic E-state index is 0.996. The van der Waals surface area contributed by atoms with Gasteiger partial charge in [-0.2, -0.15) is 10.2 Å². The number of nitrogens with zero attached hydrogens (tertiary/aromatic N) is 2. The summed E-state index contributed by atoms with van der Waals surface area (Å²) in [5.41, 5.74) is 1.20. The third-order valence-corrected chi connectivity index (χ3v) is 1.85. The van der Waals surface area contributed by atoms with Crippen LogP contribution in [-0.4, -0.2) is 10.2 Å². The smallest absolute Gasteiger partial charge is 0.0641 e. The van der Waals surface area contributed by atoms with Crippen molar-refractivity contribution in [2.45, 2.75) is 13.3 Å². The number of halogens is 1. The molecule has 0 amide bonds. The summed E-state index contributed by atoms with van der Waals surface area (Å²) in [6.45, 7) is 2.09. The molecule has 0 atom stereocenters. The molecule has 0 aliphatic heterocycles. The van der Waals surface area contributed by atoms with E-state index in [1.165, 1.54) is 5.56 Å². The van der Waals surface area contributed by atoms with Gasteiger partial charge in [-0.25, -0.2) is 0 Å². The van der Waals surface area contributed by atoms with Gasteiger partial charge in [0.25, 0.3) is 0 Å². The van der Waals surface area contributed by atoms with Crippen LogP contribution in [0.3, 0.4) is 0 Å². The van der Waals surface area contributed by atoms with Gasteiger partial charge in [-0.1, -0.05) is 6.92 Å². The minimum Gasteiger partial charge on any atom is -0.159 e. The van der Waals surface area contributed by atoms with Crippen molar-refractivity contribution in [3.63, 3.8) is 0 Å². The molecule has 0 saturated carbocycles. The van der Waals surface area contributed by atoms with Crippen molar-refractivity contribution in [3.8, 4) is 0 Å². The van der Waals surface area contributed by atoms with Gasteiger partial charge in [0.2, 0.25) is 0 Å². The van der Waals surface area contributed by atoms with Gasteiger partial charge in [0, 0.05) is 4.47 Å². The summed E-state index contributed by atoms with van der Waals surface area (Å²) in [5, 5.41) is 7.43. The number of hydrogen-bond acceptors (Lipinski definition) is 2. The molecule has 2 nitrogen and oxygen atoms in total. The topological polar surface area (TPSA) is 25.8 Å². The molecule has 0 aromatic carbocycles. The number of aryl methyl sites for hydroxylation is 1. The SMILES string of the molecule is CCc1cnncc1Br. The van der Waals surface area contributed by atoms with Crippen molar-refractivity contribution in [1.29, 1.82) is 0 Å². The van der Waals surface area contributed by atoms with Gasteiger partial charge in [0.15, 0.2) is 0 Å². The van der Waals surface area contributed by atoms with Crippen molar-refractivity contribution in [3.05, 3.63) is 22.4 Å². The van der Waals surface area contributed by atoms with E-state index in [9.17, 15) is 0 Å². The van der Waals surface area contributed by atoms with Gasteiger partial charge in [-0.3, -0.25) is 0 Å². The molecule has 0 unspecified atom stereocenters. The van der Waals surface area contributed by atoms with Gasteiger partial charge in [0.05, 0.1) is 12.4 Å². The Balaban J connectivity index is 3.01. The van der Waals surface area contributed by atoms with Crippen molar-refractivity contribution >= 4 is 15.9 Å². The molecule has 0 N–H and O–H groups in total. The van der Waals surface area contributed by atoms with Crippen LogP contribution in [0.5, 0.6) is 0 Å². The summed E-state index contributed by atoms with van der Waals surface area (Å²) in [4.78, 5) is 0. The lowest BCUT2D eigenvalue weighted by Crippen LogP contribution is -1.86. The Labute approximate surface area is 62.4 Å². The highest BCUT2D eigenvalue weighted by Gasteiger charge is 1.93. The molecule has 1 heterocycles. The van der Waals surface area contributed by atoms with Crippen molar-refractivity contribution in [2.24, 2.45) is 0 Å². The lowest BCUT2D eigenvalue weighted by molar-refractivity contribution is 0.971. The Hall–Kier alpha value is -0.440. The summed E-state index contributed by atoms with van der Waals surface area (Å²) in [5.74, 6) is 0. The molecule has 0 fully saturated rings. The van der Waals surface area contributed by atoms with Gasteiger partial charge >= 0.3 is 0 Å². The maximum atomic E-state index is 3.74. The molecule has 0 aliphatic carbocycles. The first-order chi connectivity index (χ1) is 4.34. The van der Waals surface area contributed by atoms with E-state index in [1.807, 2.05) is 0 Å². The summed E-state index contributed by atoms with van der Waals surface area (Å²) in [6.07, 6.45) is 4.47. The molecule has 48 valence electrons. The fraction of sp³-hybridized carbons (Fsp3) is 0.333. The Bertz CT molecular complexity index is 200. The fourth-order valence-corrected chi connectivity index (χ4v) is 1.07. The molecule has 1 aromatic rings. The summed E-state index contributed by atoms with van der Waals surface area (Å²) < 4.78 is 1.04. The average molecular weight is 187 g/mol. The Kier molecular flexibility index (Phi) is 2.16. The van der Waals surface area contributed by atoms with E-state index in [0.717, 1.165) is 10.9 Å². The molecule has 0 aliphatic rings. The second-order valence-electron chi connectivity index (χ2n) is 1.72. The summed E-state index contributed by atoms with van der Waals surface area (Å²) >= 11 is 3.35. The molecule has 9 heavy (non-hydrogen) atoms. The van der Waals surface area contributed by atoms with Crippen LogP contribution in [-0.2, 0) is 6.42 Å². The molecule has 0 saturated heterocycles. The number of hydrogen-bond donors (Lipinski definition) is 0. The van der Waals surface area contributed by atoms with E-state index < -0.39 is 0 Å². The van der Waals surface area contributed by atoms with Crippen LogP contribution < -0.4 is 0 Å². The van der Waals surface area contributed by atoms with Crippen LogP contribution in [0, 0.1) is 0 Å². The van der Waals surface area contributed by atoms with Gasteiger partial charge in [0.1, 0.15) is 0 Å². The van der Waals surface area contributed by atoms with Crippen LogP contribution in [0.1, 0.15) is 12.5 Å². The number of aromatic nitrogens is 2. The van der Waals surface area contributed by atoms with Gasteiger partial charge in [-0.05, 0) is 27.9 Å². The zero-order valence-corrected chi connectivity index (χ0v) is 6.72. The van der Waals surface area contributed by atoms with Crippen LogP contribution in [0.15, 0.2) is 16.9 Å². The normalized spacial score (nSPS) is 9.56. The first kappa shape index (κ1) is 6.68. The van der Waals surface area contributed by atoms with E-state index in [-0.39, 0.29) is 0 Å². The van der Waals surface area contributed by atoms with E-state index in [0.29, 0.717) is 0 Å². The van der Waals surface area contributed by atoms with E-state index in [4.69, 9.17) is 0 Å². The third-order valence-electron chi connectivity index (χ3n) is 1.14. The minimum absolute atomic E-state index is 0.996. The van der Waals surface area contributed by atoms with E-state index in [1.54, 1.807) is 12.4 Å². The third kappa shape index (κ3) is 1.48. The second-order valence-corrected chi connectivity index (χ2v) is 2.57. The molecule has 3 heteroatoms. The standard InChI is InChI=1S/C6H7BrN2/c1-2-5-3-8-9-4-6(5)7/h3-4H,2H2,1H3. The predicted octanol–water partition coefficient (Wildman–Crippen LogP) is 1.80. The zero-order chi connectivity index (χ0) is 6.69. The summed E-state index contributed by atoms with van der Waals surface area (Å²) in [7, 11) is 0.